The molecule has 1 N–H and O–H groups in total. The molecule has 1 aromatic carbocycles. The standard InChI is InChI=1S/C20H23F3N2O4/c1-12(14-5-7-16(17(11-14)28-4)29-10-9-27-3)25-19(26)15-6-8-18(20(21,22)23)24-13(15)2/h5-8,11-12H,9-10H2,1-4H3,(H,25,26). The summed E-state index contributed by atoms with van der Waals surface area (Å²) in [5, 5.41) is 2.76. The Labute approximate surface area is 167 Å². The molecular formula is C20H23F3N2O4. The molecule has 1 aromatic heterocycles. The van der Waals surface area contributed by atoms with E-state index < -0.39 is 23.8 Å². The van der Waals surface area contributed by atoms with Crippen LogP contribution in [0.4, 0.5) is 13.2 Å². The number of benzene rings is 1. The third kappa shape index (κ3) is 5.83. The predicted molar refractivity (Wildman–Crippen MR) is 100 cm³/mol. The molecule has 9 heteroatoms. The molecule has 0 aliphatic carbocycles. The Morgan fingerprint density at radius 3 is 2.45 bits per heavy atom. The summed E-state index contributed by atoms with van der Waals surface area (Å²) in [6.45, 7) is 3.91. The molecule has 6 nitrogen and oxygen atoms in total. The molecule has 0 saturated heterocycles. The number of aromatic nitrogens is 1. The van der Waals surface area contributed by atoms with Crippen molar-refractivity contribution in [3.63, 3.8) is 0 Å². The second-order valence-corrected chi connectivity index (χ2v) is 6.27. The zero-order valence-electron chi connectivity index (χ0n) is 16.6. The highest BCUT2D eigenvalue weighted by molar-refractivity contribution is 5.95. The number of carbonyl (C=O) groups is 1. The van der Waals surface area contributed by atoms with Crippen molar-refractivity contribution in [3.05, 3.63) is 52.8 Å². The second-order valence-electron chi connectivity index (χ2n) is 6.27. The maximum Gasteiger partial charge on any atom is 0.433 e. The zero-order chi connectivity index (χ0) is 21.6. The second kappa shape index (κ2) is 9.60. The quantitative estimate of drug-likeness (QED) is 0.666. The fourth-order valence-electron chi connectivity index (χ4n) is 2.62. The highest BCUT2D eigenvalue weighted by Crippen LogP contribution is 2.31. The van der Waals surface area contributed by atoms with Gasteiger partial charge in [-0.15, -0.1) is 0 Å². The van der Waals surface area contributed by atoms with Gasteiger partial charge in [-0.25, -0.2) is 4.98 Å². The normalized spacial score (nSPS) is 12.4. The number of rotatable bonds is 8. The van der Waals surface area contributed by atoms with E-state index in [1.54, 1.807) is 32.2 Å². The fourth-order valence-corrected chi connectivity index (χ4v) is 2.62. The maximum absolute atomic E-state index is 12.7. The number of hydrogen-bond donors (Lipinski definition) is 1. The number of carbonyl (C=O) groups excluding carboxylic acids is 1. The van der Waals surface area contributed by atoms with E-state index >= 15 is 0 Å². The van der Waals surface area contributed by atoms with Crippen molar-refractivity contribution >= 4 is 5.91 Å². The summed E-state index contributed by atoms with van der Waals surface area (Å²) in [5.74, 6) is 0.511. The summed E-state index contributed by atoms with van der Waals surface area (Å²) in [4.78, 5) is 16.0. The van der Waals surface area contributed by atoms with Gasteiger partial charge < -0.3 is 19.5 Å². The van der Waals surface area contributed by atoms with Crippen LogP contribution in [0.3, 0.4) is 0 Å². The predicted octanol–water partition coefficient (Wildman–Crippen LogP) is 3.93. The summed E-state index contributed by atoms with van der Waals surface area (Å²) in [7, 11) is 3.07. The highest BCUT2D eigenvalue weighted by Gasteiger charge is 2.33. The molecule has 0 aliphatic heterocycles. The van der Waals surface area contributed by atoms with E-state index in [0.717, 1.165) is 17.7 Å². The molecule has 1 amide bonds. The number of aryl methyl sites for hydroxylation is 1. The highest BCUT2D eigenvalue weighted by atomic mass is 19.4. The first-order valence-electron chi connectivity index (χ1n) is 8.82. The van der Waals surface area contributed by atoms with Crippen LogP contribution in [0.15, 0.2) is 30.3 Å². The first-order chi connectivity index (χ1) is 13.7. The molecule has 0 fully saturated rings. The summed E-state index contributed by atoms with van der Waals surface area (Å²) < 4.78 is 54.1. The number of methoxy groups -OCH3 is 2. The molecule has 1 heterocycles. The van der Waals surface area contributed by atoms with Crippen LogP contribution < -0.4 is 14.8 Å². The van der Waals surface area contributed by atoms with Gasteiger partial charge in [0.1, 0.15) is 12.3 Å². The Balaban J connectivity index is 2.13. The number of nitrogens with one attached hydrogen (secondary N) is 1. The van der Waals surface area contributed by atoms with Crippen LogP contribution >= 0.6 is 0 Å². The minimum atomic E-state index is -4.56. The first-order valence-corrected chi connectivity index (χ1v) is 8.82. The topological polar surface area (TPSA) is 69.7 Å². The lowest BCUT2D eigenvalue weighted by Crippen LogP contribution is -2.28. The molecule has 1 unspecified atom stereocenters. The average Bonchev–Trinajstić information content (AvgIpc) is 2.67. The number of amides is 1. The molecule has 1 atom stereocenters. The Hall–Kier alpha value is -2.81. The number of pyridine rings is 1. The largest absolute Gasteiger partial charge is 0.493 e. The van der Waals surface area contributed by atoms with Crippen LogP contribution in [0.25, 0.3) is 0 Å². The molecule has 0 spiro atoms. The molecule has 29 heavy (non-hydrogen) atoms. The van der Waals surface area contributed by atoms with Gasteiger partial charge in [0.05, 0.1) is 31.0 Å². The summed E-state index contributed by atoms with van der Waals surface area (Å²) >= 11 is 0. The third-order valence-electron chi connectivity index (χ3n) is 4.20. The summed E-state index contributed by atoms with van der Waals surface area (Å²) in [5.41, 5.74) is -0.208. The molecule has 0 saturated carbocycles. The monoisotopic (exact) mass is 412 g/mol. The SMILES string of the molecule is COCCOc1ccc(C(C)NC(=O)c2ccc(C(F)(F)F)nc2C)cc1OC. The van der Waals surface area contributed by atoms with Crippen LogP contribution in [-0.2, 0) is 10.9 Å². The van der Waals surface area contributed by atoms with Gasteiger partial charge in [-0.2, -0.15) is 13.2 Å². The van der Waals surface area contributed by atoms with Crippen LogP contribution in [0.1, 0.15) is 40.3 Å². The van der Waals surface area contributed by atoms with Crippen molar-refractivity contribution in [2.75, 3.05) is 27.4 Å². The third-order valence-corrected chi connectivity index (χ3v) is 4.20. The zero-order valence-corrected chi connectivity index (χ0v) is 16.6. The Morgan fingerprint density at radius 2 is 1.86 bits per heavy atom. The Bertz CT molecular complexity index is 856. The van der Waals surface area contributed by atoms with Gasteiger partial charge >= 0.3 is 6.18 Å². The van der Waals surface area contributed by atoms with Crippen molar-refractivity contribution in [3.8, 4) is 11.5 Å². The van der Waals surface area contributed by atoms with E-state index in [1.165, 1.54) is 14.0 Å². The van der Waals surface area contributed by atoms with E-state index in [1.807, 2.05) is 0 Å². The van der Waals surface area contributed by atoms with Gasteiger partial charge in [0.15, 0.2) is 11.5 Å². The van der Waals surface area contributed by atoms with Crippen molar-refractivity contribution in [1.82, 2.24) is 10.3 Å². The van der Waals surface area contributed by atoms with Crippen LogP contribution in [0.5, 0.6) is 11.5 Å². The van der Waals surface area contributed by atoms with Crippen molar-refractivity contribution < 1.29 is 32.2 Å². The number of hydrogen-bond acceptors (Lipinski definition) is 5. The van der Waals surface area contributed by atoms with E-state index in [-0.39, 0.29) is 11.3 Å². The molecular weight excluding hydrogens is 389 g/mol. The molecule has 2 rings (SSSR count). The van der Waals surface area contributed by atoms with Crippen LogP contribution in [-0.4, -0.2) is 38.3 Å². The molecule has 0 radical (unpaired) electrons. The van der Waals surface area contributed by atoms with Gasteiger partial charge in [-0.05, 0) is 43.7 Å². The van der Waals surface area contributed by atoms with E-state index in [4.69, 9.17) is 14.2 Å². The summed E-state index contributed by atoms with van der Waals surface area (Å²) in [6, 6.07) is 6.71. The van der Waals surface area contributed by atoms with Crippen molar-refractivity contribution in [2.45, 2.75) is 26.1 Å². The number of alkyl halides is 3. The van der Waals surface area contributed by atoms with Gasteiger partial charge in [-0.1, -0.05) is 6.07 Å². The first kappa shape index (κ1) is 22.5. The molecule has 0 bridgehead atoms. The van der Waals surface area contributed by atoms with E-state index in [2.05, 4.69) is 10.3 Å². The smallest absolute Gasteiger partial charge is 0.433 e. The average molecular weight is 412 g/mol. The Morgan fingerprint density at radius 1 is 1.14 bits per heavy atom. The minimum Gasteiger partial charge on any atom is -0.493 e. The Kier molecular flexibility index (Phi) is 7.44. The van der Waals surface area contributed by atoms with Crippen LogP contribution in [0.2, 0.25) is 0 Å². The number of halogens is 3. The van der Waals surface area contributed by atoms with Gasteiger partial charge in [-0.3, -0.25) is 4.79 Å². The maximum atomic E-state index is 12.7. The minimum absolute atomic E-state index is 0.00370. The fraction of sp³-hybridized carbons (Fsp3) is 0.400. The number of nitrogens with zero attached hydrogens (tertiary/aromatic N) is 1. The lowest BCUT2D eigenvalue weighted by Gasteiger charge is -2.18. The van der Waals surface area contributed by atoms with E-state index in [9.17, 15) is 18.0 Å². The lowest BCUT2D eigenvalue weighted by molar-refractivity contribution is -0.141. The molecule has 2 aromatic rings. The molecule has 158 valence electrons. The molecule has 0 aliphatic rings. The van der Waals surface area contributed by atoms with Gasteiger partial charge in [0.25, 0.3) is 5.91 Å². The number of ether oxygens (including phenoxy) is 3. The lowest BCUT2D eigenvalue weighted by atomic mass is 10.1. The van der Waals surface area contributed by atoms with Crippen LogP contribution in [0, 0.1) is 6.92 Å². The van der Waals surface area contributed by atoms with Gasteiger partial charge in [0.2, 0.25) is 0 Å². The van der Waals surface area contributed by atoms with Crippen molar-refractivity contribution in [1.29, 1.82) is 0 Å². The van der Waals surface area contributed by atoms with Crippen molar-refractivity contribution in [2.24, 2.45) is 0 Å². The van der Waals surface area contributed by atoms with E-state index in [0.29, 0.717) is 24.7 Å². The van der Waals surface area contributed by atoms with Gasteiger partial charge in [0, 0.05) is 7.11 Å². The summed E-state index contributed by atoms with van der Waals surface area (Å²) in [6.07, 6.45) is -4.56.